The number of unbranched alkanes of at least 4 members (excludes halogenated alkanes) is 1. The molecule has 0 heterocycles. The van der Waals surface area contributed by atoms with Crippen LogP contribution in [0.2, 0.25) is 0 Å². The normalized spacial score (nSPS) is 25.0. The van der Waals surface area contributed by atoms with Crippen LogP contribution in [-0.4, -0.2) is 30.6 Å². The second kappa shape index (κ2) is 9.32. The predicted octanol–water partition coefficient (Wildman–Crippen LogP) is 2.88. The van der Waals surface area contributed by atoms with Crippen LogP contribution in [0.1, 0.15) is 58.8 Å². The van der Waals surface area contributed by atoms with Crippen LogP contribution in [0.5, 0.6) is 0 Å². The topological polar surface area (TPSA) is 55.8 Å². The Morgan fingerprint density at radius 3 is 2.42 bits per heavy atom. The highest BCUT2D eigenvalue weighted by Crippen LogP contribution is 2.32. The van der Waals surface area contributed by atoms with E-state index in [2.05, 4.69) is 6.92 Å². The lowest BCUT2D eigenvalue weighted by Crippen LogP contribution is -2.28. The molecule has 1 unspecified atom stereocenters. The summed E-state index contributed by atoms with van der Waals surface area (Å²) in [5, 5.41) is 9.97. The molecule has 4 heteroatoms. The van der Waals surface area contributed by atoms with Gasteiger partial charge in [-0.2, -0.15) is 0 Å². The quantitative estimate of drug-likeness (QED) is 0.419. The van der Waals surface area contributed by atoms with Crippen molar-refractivity contribution in [2.45, 2.75) is 65.1 Å². The van der Waals surface area contributed by atoms with Gasteiger partial charge in [-0.15, -0.1) is 0 Å². The molecule has 0 aromatic carbocycles. The van der Waals surface area contributed by atoms with Crippen molar-refractivity contribution >= 4 is 5.97 Å². The van der Waals surface area contributed by atoms with Gasteiger partial charge >= 0.3 is 5.97 Å². The summed E-state index contributed by atoms with van der Waals surface area (Å²) in [7, 11) is 0. The minimum Gasteiger partial charge on any atom is -0.466 e. The van der Waals surface area contributed by atoms with E-state index in [0.717, 1.165) is 31.6 Å². The molecule has 1 atom stereocenters. The van der Waals surface area contributed by atoms with Crippen LogP contribution in [0.4, 0.5) is 0 Å². The Kier molecular flexibility index (Phi) is 8.07. The number of hydrogen-bond acceptors (Lipinski definition) is 4. The Labute approximate surface area is 116 Å². The zero-order chi connectivity index (χ0) is 14.1. The minimum absolute atomic E-state index is 0.242. The predicted molar refractivity (Wildman–Crippen MR) is 73.6 cm³/mol. The van der Waals surface area contributed by atoms with E-state index in [1.165, 1.54) is 26.2 Å². The fraction of sp³-hybridized carbons (Fsp3) is 0.933. The minimum atomic E-state index is -0.619. The average Bonchev–Trinajstić information content (AvgIpc) is 2.42. The highest BCUT2D eigenvalue weighted by Gasteiger charge is 2.25. The Balaban J connectivity index is 2.01. The number of aliphatic hydroxyl groups is 1. The first-order valence-corrected chi connectivity index (χ1v) is 7.56. The fourth-order valence-corrected chi connectivity index (χ4v) is 2.64. The summed E-state index contributed by atoms with van der Waals surface area (Å²) in [6, 6.07) is 0. The van der Waals surface area contributed by atoms with Gasteiger partial charge in [-0.25, -0.2) is 0 Å². The summed E-state index contributed by atoms with van der Waals surface area (Å²) in [5.74, 6) is 0.900. The van der Waals surface area contributed by atoms with Gasteiger partial charge in [-0.3, -0.25) is 4.79 Å². The molecule has 1 aliphatic carbocycles. The van der Waals surface area contributed by atoms with E-state index >= 15 is 0 Å². The summed E-state index contributed by atoms with van der Waals surface area (Å²) in [5.41, 5.74) is 0. The van der Waals surface area contributed by atoms with Crippen LogP contribution in [0.15, 0.2) is 0 Å². The zero-order valence-corrected chi connectivity index (χ0v) is 12.3. The van der Waals surface area contributed by atoms with Crippen molar-refractivity contribution in [3.63, 3.8) is 0 Å². The van der Waals surface area contributed by atoms with Crippen LogP contribution in [0, 0.1) is 11.8 Å². The SMILES string of the molecule is CCC1CCC(C(O)OCCCCOC(C)=O)CC1. The lowest BCUT2D eigenvalue weighted by molar-refractivity contribution is -0.146. The van der Waals surface area contributed by atoms with Crippen molar-refractivity contribution in [1.29, 1.82) is 0 Å². The number of aliphatic hydroxyl groups excluding tert-OH is 1. The van der Waals surface area contributed by atoms with Crippen molar-refractivity contribution in [2.75, 3.05) is 13.2 Å². The Morgan fingerprint density at radius 1 is 1.21 bits per heavy atom. The molecule has 112 valence electrons. The molecule has 0 aromatic heterocycles. The molecule has 0 aliphatic heterocycles. The van der Waals surface area contributed by atoms with Crippen LogP contribution in [0.3, 0.4) is 0 Å². The Morgan fingerprint density at radius 2 is 1.84 bits per heavy atom. The fourth-order valence-electron chi connectivity index (χ4n) is 2.64. The molecule has 0 aromatic rings. The van der Waals surface area contributed by atoms with Gasteiger partial charge in [0, 0.05) is 19.4 Å². The van der Waals surface area contributed by atoms with E-state index in [4.69, 9.17) is 9.47 Å². The van der Waals surface area contributed by atoms with Gasteiger partial charge in [0.15, 0.2) is 6.29 Å². The third-order valence-corrected chi connectivity index (χ3v) is 4.00. The molecule has 0 saturated heterocycles. The van der Waals surface area contributed by atoms with E-state index in [1.807, 2.05) is 0 Å². The molecule has 1 fully saturated rings. The summed E-state index contributed by atoms with van der Waals surface area (Å²) >= 11 is 0. The molecule has 1 saturated carbocycles. The van der Waals surface area contributed by atoms with Gasteiger partial charge in [-0.1, -0.05) is 26.2 Å². The number of carbonyl (C=O) groups excluding carboxylic acids is 1. The standard InChI is InChI=1S/C15H28O4/c1-3-13-6-8-14(9-7-13)15(17)19-11-5-4-10-18-12(2)16/h13-15,17H,3-11H2,1-2H3. The third-order valence-electron chi connectivity index (χ3n) is 4.00. The maximum atomic E-state index is 10.5. The van der Waals surface area contributed by atoms with E-state index in [0.29, 0.717) is 19.1 Å². The second-order valence-electron chi connectivity index (χ2n) is 5.50. The van der Waals surface area contributed by atoms with E-state index in [-0.39, 0.29) is 5.97 Å². The van der Waals surface area contributed by atoms with Crippen molar-refractivity contribution in [1.82, 2.24) is 0 Å². The van der Waals surface area contributed by atoms with Crippen molar-refractivity contribution in [3.05, 3.63) is 0 Å². The molecule has 1 rings (SSSR count). The Bertz CT molecular complexity index is 247. The summed E-state index contributed by atoms with van der Waals surface area (Å²) in [6.45, 7) is 4.63. The van der Waals surface area contributed by atoms with E-state index < -0.39 is 6.29 Å². The van der Waals surface area contributed by atoms with Crippen LogP contribution < -0.4 is 0 Å². The first-order valence-electron chi connectivity index (χ1n) is 7.56. The largest absolute Gasteiger partial charge is 0.466 e. The molecule has 19 heavy (non-hydrogen) atoms. The smallest absolute Gasteiger partial charge is 0.302 e. The van der Waals surface area contributed by atoms with Gasteiger partial charge in [0.25, 0.3) is 0 Å². The average molecular weight is 272 g/mol. The number of hydrogen-bond donors (Lipinski definition) is 1. The highest BCUT2D eigenvalue weighted by atomic mass is 16.6. The molecular weight excluding hydrogens is 244 g/mol. The van der Waals surface area contributed by atoms with Crippen molar-refractivity contribution in [3.8, 4) is 0 Å². The number of ether oxygens (including phenoxy) is 2. The summed E-state index contributed by atoms with van der Waals surface area (Å²) in [6.07, 6.45) is 6.82. The van der Waals surface area contributed by atoms with Crippen LogP contribution >= 0.6 is 0 Å². The zero-order valence-electron chi connectivity index (χ0n) is 12.3. The van der Waals surface area contributed by atoms with Gasteiger partial charge < -0.3 is 14.6 Å². The Hall–Kier alpha value is -0.610. The monoisotopic (exact) mass is 272 g/mol. The van der Waals surface area contributed by atoms with Gasteiger partial charge in [-0.05, 0) is 31.6 Å². The number of esters is 1. The van der Waals surface area contributed by atoms with E-state index in [1.54, 1.807) is 0 Å². The highest BCUT2D eigenvalue weighted by molar-refractivity contribution is 5.65. The lowest BCUT2D eigenvalue weighted by Gasteiger charge is -2.30. The summed E-state index contributed by atoms with van der Waals surface area (Å²) < 4.78 is 10.3. The second-order valence-corrected chi connectivity index (χ2v) is 5.50. The molecule has 0 amide bonds. The van der Waals surface area contributed by atoms with Gasteiger partial charge in [0.2, 0.25) is 0 Å². The molecule has 1 N–H and O–H groups in total. The maximum Gasteiger partial charge on any atom is 0.302 e. The number of rotatable bonds is 8. The molecule has 1 aliphatic rings. The number of carbonyl (C=O) groups is 1. The lowest BCUT2D eigenvalue weighted by atomic mass is 9.80. The first kappa shape index (κ1) is 16.4. The van der Waals surface area contributed by atoms with Crippen LogP contribution in [-0.2, 0) is 14.3 Å². The maximum absolute atomic E-state index is 10.5. The van der Waals surface area contributed by atoms with Gasteiger partial charge in [0.05, 0.1) is 6.61 Å². The van der Waals surface area contributed by atoms with Crippen molar-refractivity contribution < 1.29 is 19.4 Å². The molecule has 0 bridgehead atoms. The third kappa shape index (κ3) is 6.92. The molecular formula is C15H28O4. The van der Waals surface area contributed by atoms with Crippen LogP contribution in [0.25, 0.3) is 0 Å². The first-order chi connectivity index (χ1) is 9.13. The van der Waals surface area contributed by atoms with E-state index in [9.17, 15) is 9.90 Å². The van der Waals surface area contributed by atoms with Crippen molar-refractivity contribution in [2.24, 2.45) is 11.8 Å². The summed E-state index contributed by atoms with van der Waals surface area (Å²) in [4.78, 5) is 10.5. The van der Waals surface area contributed by atoms with Gasteiger partial charge in [0.1, 0.15) is 0 Å². The molecule has 0 radical (unpaired) electrons. The molecule has 0 spiro atoms. The molecule has 4 nitrogen and oxygen atoms in total.